The first kappa shape index (κ1) is 9.19. The summed E-state index contributed by atoms with van der Waals surface area (Å²) in [4.78, 5) is 0. The van der Waals surface area contributed by atoms with Gasteiger partial charge in [-0.3, -0.25) is 0 Å². The van der Waals surface area contributed by atoms with Crippen LogP contribution < -0.4 is 0 Å². The molecule has 0 aliphatic rings. The molecule has 0 fully saturated rings. The third-order valence-corrected chi connectivity index (χ3v) is 0.981. The average molecular weight is 120 g/mol. The zero-order valence-electron chi connectivity index (χ0n) is 7.23. The maximum absolute atomic E-state index is 2.26. The van der Waals surface area contributed by atoms with Crippen LogP contribution >= 0.6 is 0 Å². The van der Waals surface area contributed by atoms with E-state index in [1.165, 1.54) is 0 Å². The van der Waals surface area contributed by atoms with E-state index >= 15 is 0 Å². The van der Waals surface area contributed by atoms with Crippen LogP contribution in [0.4, 0.5) is 0 Å². The maximum atomic E-state index is 2.26. The fourth-order valence-corrected chi connectivity index (χ4v) is 0.481. The van der Waals surface area contributed by atoms with Crippen molar-refractivity contribution in [2.75, 3.05) is 0 Å². The molecule has 0 aromatic heterocycles. The Morgan fingerprint density at radius 1 is 1.33 bits per heavy atom. The summed E-state index contributed by atoms with van der Waals surface area (Å²) in [5, 5.41) is 0.351. The fraction of sp³-hybridized carbons (Fsp3) is 1.00. The Morgan fingerprint density at radius 3 is 1.89 bits per heavy atom. The molecular weight excluding hydrogens is 105 g/mol. The molecule has 0 aliphatic carbocycles. The van der Waals surface area contributed by atoms with E-state index in [9.17, 15) is 0 Å². The van der Waals surface area contributed by atoms with Gasteiger partial charge in [0.2, 0.25) is 0 Å². The van der Waals surface area contributed by atoms with Gasteiger partial charge >= 0.3 is 60.2 Å². The van der Waals surface area contributed by atoms with E-state index in [1.54, 1.807) is 0 Å². The van der Waals surface area contributed by atoms with Gasteiger partial charge in [-0.05, 0) is 0 Å². The van der Waals surface area contributed by atoms with Gasteiger partial charge < -0.3 is 0 Å². The van der Waals surface area contributed by atoms with Crippen molar-refractivity contribution in [2.24, 2.45) is 0 Å². The molecule has 0 spiro atoms. The normalized spacial score (nSPS) is 11.7. The van der Waals surface area contributed by atoms with Crippen molar-refractivity contribution in [2.45, 2.75) is 38.7 Å². The van der Waals surface area contributed by atoms with Crippen LogP contribution in [0.1, 0.15) is 27.7 Å². The second kappa shape index (κ2) is 3.38. The molecule has 0 bridgehead atoms. The molecule has 0 radical (unpaired) electrons. The Hall–Kier alpha value is 0.195. The molecule has 0 aromatic carbocycles. The van der Waals surface area contributed by atoms with Crippen molar-refractivity contribution in [1.82, 2.24) is 0 Å². The molecule has 0 heterocycles. The Balaban J connectivity index is 3.71. The molecule has 48 valence electrons. The van der Waals surface area contributed by atoms with Crippen LogP contribution in [0.5, 0.6) is 0 Å². The zero-order valence-corrected chi connectivity index (χ0v) is 7.23. The van der Waals surface area contributed by atoms with Crippen molar-refractivity contribution in [1.29, 1.82) is 0 Å². The van der Waals surface area contributed by atoms with Gasteiger partial charge in [0.05, 0.1) is 0 Å². The van der Waals surface area contributed by atoms with Gasteiger partial charge in [-0.1, -0.05) is 0 Å². The number of hydrogen-bond acceptors (Lipinski definition) is 0. The molecule has 0 amide bonds. The quantitative estimate of drug-likeness (QED) is 0.475. The van der Waals surface area contributed by atoms with Crippen LogP contribution in [0.2, 0.25) is 11.0 Å². The Labute approximate surface area is 60.9 Å². The SMILES string of the molecule is BC(C)(C)/B=B\C(C)C. The molecule has 3 heteroatoms. The van der Waals surface area contributed by atoms with Gasteiger partial charge in [0.1, 0.15) is 0 Å². The monoisotopic (exact) mass is 120 g/mol. The molecule has 0 saturated carbocycles. The van der Waals surface area contributed by atoms with E-state index in [0.717, 1.165) is 0 Å². The topological polar surface area (TPSA) is 0 Å². The average Bonchev–Trinajstić information content (AvgIpc) is 1.59. The molecule has 0 rings (SSSR count). The molecule has 0 N–H and O–H groups in total. The second-order valence-electron chi connectivity index (χ2n) is 3.97. The van der Waals surface area contributed by atoms with Gasteiger partial charge in [0.15, 0.2) is 0 Å². The molecule has 0 nitrogen and oxygen atoms in total. The number of hydrogen-bond donors (Lipinski definition) is 0. The first-order valence-corrected chi connectivity index (χ1v) is 3.61. The van der Waals surface area contributed by atoms with Crippen LogP contribution in [0.3, 0.4) is 0 Å². The summed E-state index contributed by atoms with van der Waals surface area (Å²) in [6, 6.07) is 0. The minimum atomic E-state index is 0.351. The molecule has 0 unspecified atom stereocenters. The van der Waals surface area contributed by atoms with Crippen molar-refractivity contribution >= 4 is 21.4 Å². The van der Waals surface area contributed by atoms with Crippen LogP contribution in [-0.2, 0) is 0 Å². The van der Waals surface area contributed by atoms with Gasteiger partial charge in [-0.15, -0.1) is 0 Å². The molecular formula is C6H15B3. The molecule has 9 heavy (non-hydrogen) atoms. The predicted octanol–water partition coefficient (Wildman–Crippen LogP) is 0.927. The first-order chi connectivity index (χ1) is 3.92. The Kier molecular flexibility index (Phi) is 3.46. The third kappa shape index (κ3) is 8.19. The Bertz CT molecular complexity index is 99.4. The fourth-order valence-electron chi connectivity index (χ4n) is 0.481. The molecule has 0 atom stereocenters. The van der Waals surface area contributed by atoms with E-state index < -0.39 is 0 Å². The van der Waals surface area contributed by atoms with E-state index in [4.69, 9.17) is 0 Å². The van der Waals surface area contributed by atoms with Crippen LogP contribution in [-0.4, -0.2) is 21.4 Å². The van der Waals surface area contributed by atoms with E-state index in [-0.39, 0.29) is 0 Å². The van der Waals surface area contributed by atoms with Crippen LogP contribution in [0.25, 0.3) is 0 Å². The van der Waals surface area contributed by atoms with E-state index in [0.29, 0.717) is 11.0 Å². The van der Waals surface area contributed by atoms with Gasteiger partial charge in [-0.2, -0.15) is 0 Å². The predicted molar refractivity (Wildman–Crippen MR) is 49.2 cm³/mol. The third-order valence-electron chi connectivity index (χ3n) is 0.981. The summed E-state index contributed by atoms with van der Waals surface area (Å²) in [6.07, 6.45) is 0. The molecule has 0 aromatic rings. The summed E-state index contributed by atoms with van der Waals surface area (Å²) in [6.45, 7) is 13.3. The Morgan fingerprint density at radius 2 is 1.78 bits per heavy atom. The van der Waals surface area contributed by atoms with E-state index in [2.05, 4.69) is 49.1 Å². The summed E-state index contributed by atoms with van der Waals surface area (Å²) >= 11 is 0. The van der Waals surface area contributed by atoms with Crippen molar-refractivity contribution in [3.63, 3.8) is 0 Å². The minimum absolute atomic E-state index is 0.351. The summed E-state index contributed by atoms with van der Waals surface area (Å²) in [5.41, 5.74) is 0. The molecule has 0 aliphatic heterocycles. The first-order valence-electron chi connectivity index (χ1n) is 3.61. The van der Waals surface area contributed by atoms with Crippen molar-refractivity contribution < 1.29 is 0 Å². The summed E-state index contributed by atoms with van der Waals surface area (Å²) < 4.78 is 0. The van der Waals surface area contributed by atoms with E-state index in [1.807, 2.05) is 0 Å². The molecule has 0 saturated heterocycles. The van der Waals surface area contributed by atoms with Crippen molar-refractivity contribution in [3.8, 4) is 0 Å². The van der Waals surface area contributed by atoms with Gasteiger partial charge in [0.25, 0.3) is 0 Å². The zero-order chi connectivity index (χ0) is 7.49. The summed E-state index contributed by atoms with van der Waals surface area (Å²) in [7, 11) is 2.21. The van der Waals surface area contributed by atoms with Crippen LogP contribution in [0, 0.1) is 0 Å². The standard InChI is InChI=1S/C6H15B3/c1-5(2)8-9-6(3,4)7/h5H,7H2,1-4H3. The van der Waals surface area contributed by atoms with Gasteiger partial charge in [0, 0.05) is 0 Å². The van der Waals surface area contributed by atoms with Crippen molar-refractivity contribution in [3.05, 3.63) is 0 Å². The van der Waals surface area contributed by atoms with Gasteiger partial charge in [-0.25, -0.2) is 0 Å². The second-order valence-corrected chi connectivity index (χ2v) is 3.97. The number of rotatable bonds is 2. The summed E-state index contributed by atoms with van der Waals surface area (Å²) in [5.74, 6) is 0.684. The van der Waals surface area contributed by atoms with Crippen LogP contribution in [0.15, 0.2) is 0 Å².